The van der Waals surface area contributed by atoms with Gasteiger partial charge in [-0.3, -0.25) is 14.9 Å². The molecule has 76 valence electrons. The van der Waals surface area contributed by atoms with Crippen molar-refractivity contribution in [3.05, 3.63) is 38.9 Å². The maximum atomic E-state index is 10.8. The van der Waals surface area contributed by atoms with Crippen molar-refractivity contribution in [2.24, 2.45) is 0 Å². The van der Waals surface area contributed by atoms with E-state index < -0.39 is 10.2 Å². The van der Waals surface area contributed by atoms with Gasteiger partial charge in [0.05, 0.1) is 16.6 Å². The van der Waals surface area contributed by atoms with Gasteiger partial charge >= 0.3 is 0 Å². The van der Waals surface area contributed by atoms with Crippen molar-refractivity contribution >= 4 is 22.5 Å². The van der Waals surface area contributed by atoms with E-state index in [-0.39, 0.29) is 22.4 Å². The van der Waals surface area contributed by atoms with E-state index in [0.717, 1.165) is 6.07 Å². The molecule has 0 radical (unpaired) electrons. The Kier molecular flexibility index (Phi) is 3.02. The standard InChI is InChI=1S/C9H5ClN2O3/c1-5-7(4-11)2-6(9(10)13)3-8(5)12(14)15/h2-3H,1H3. The van der Waals surface area contributed by atoms with Crippen LogP contribution in [-0.4, -0.2) is 10.2 Å². The number of nitrogens with zero attached hydrogens (tertiary/aromatic N) is 2. The average molecular weight is 225 g/mol. The van der Waals surface area contributed by atoms with E-state index in [4.69, 9.17) is 16.9 Å². The molecule has 1 aromatic rings. The monoisotopic (exact) mass is 224 g/mol. The van der Waals surface area contributed by atoms with Crippen LogP contribution < -0.4 is 0 Å². The zero-order valence-corrected chi connectivity index (χ0v) is 8.41. The fourth-order valence-electron chi connectivity index (χ4n) is 1.12. The molecule has 15 heavy (non-hydrogen) atoms. The SMILES string of the molecule is Cc1c(C#N)cc(C(=O)Cl)cc1[N+](=O)[O-]. The minimum Gasteiger partial charge on any atom is -0.276 e. The van der Waals surface area contributed by atoms with Crippen molar-refractivity contribution in [3.8, 4) is 6.07 Å². The van der Waals surface area contributed by atoms with Gasteiger partial charge in [-0.05, 0) is 24.6 Å². The summed E-state index contributed by atoms with van der Waals surface area (Å²) in [7, 11) is 0. The highest BCUT2D eigenvalue weighted by Crippen LogP contribution is 2.24. The normalized spacial score (nSPS) is 9.40. The van der Waals surface area contributed by atoms with Crippen LogP contribution in [0, 0.1) is 28.4 Å². The highest BCUT2D eigenvalue weighted by Gasteiger charge is 2.18. The smallest absolute Gasteiger partial charge is 0.274 e. The number of nitriles is 1. The highest BCUT2D eigenvalue weighted by atomic mass is 35.5. The lowest BCUT2D eigenvalue weighted by Crippen LogP contribution is -1.99. The number of carbonyl (C=O) groups is 1. The molecule has 0 N–H and O–H groups in total. The zero-order valence-electron chi connectivity index (χ0n) is 7.65. The summed E-state index contributed by atoms with van der Waals surface area (Å²) in [6.45, 7) is 1.44. The van der Waals surface area contributed by atoms with Crippen LogP contribution in [0.5, 0.6) is 0 Å². The van der Waals surface area contributed by atoms with Crippen LogP contribution in [0.4, 0.5) is 5.69 Å². The number of hydrogen-bond donors (Lipinski definition) is 0. The maximum Gasteiger partial charge on any atom is 0.274 e. The number of benzene rings is 1. The van der Waals surface area contributed by atoms with E-state index in [9.17, 15) is 14.9 Å². The van der Waals surface area contributed by atoms with E-state index in [2.05, 4.69) is 0 Å². The molecule has 0 saturated carbocycles. The van der Waals surface area contributed by atoms with E-state index >= 15 is 0 Å². The fourth-order valence-corrected chi connectivity index (χ4v) is 1.23. The molecule has 0 aliphatic heterocycles. The van der Waals surface area contributed by atoms with Gasteiger partial charge in [-0.2, -0.15) is 5.26 Å². The molecule has 0 heterocycles. The molecule has 1 aromatic carbocycles. The van der Waals surface area contributed by atoms with Crippen molar-refractivity contribution in [1.29, 1.82) is 5.26 Å². The number of halogens is 1. The summed E-state index contributed by atoms with van der Waals surface area (Å²) in [6.07, 6.45) is 0. The number of hydrogen-bond acceptors (Lipinski definition) is 4. The Labute approximate surface area is 90.0 Å². The molecule has 0 unspecified atom stereocenters. The van der Waals surface area contributed by atoms with Crippen LogP contribution in [0.25, 0.3) is 0 Å². The van der Waals surface area contributed by atoms with E-state index in [1.807, 2.05) is 0 Å². The highest BCUT2D eigenvalue weighted by molar-refractivity contribution is 6.67. The van der Waals surface area contributed by atoms with Gasteiger partial charge in [0.15, 0.2) is 0 Å². The Morgan fingerprint density at radius 2 is 2.20 bits per heavy atom. The van der Waals surface area contributed by atoms with E-state index in [0.29, 0.717) is 0 Å². The van der Waals surface area contributed by atoms with Gasteiger partial charge < -0.3 is 0 Å². The van der Waals surface area contributed by atoms with Crippen LogP contribution in [-0.2, 0) is 0 Å². The van der Waals surface area contributed by atoms with Crippen molar-refractivity contribution in [1.82, 2.24) is 0 Å². The van der Waals surface area contributed by atoms with Gasteiger partial charge in [0.25, 0.3) is 10.9 Å². The van der Waals surface area contributed by atoms with Crippen molar-refractivity contribution in [2.45, 2.75) is 6.92 Å². The molecule has 0 aromatic heterocycles. The molecular weight excluding hydrogens is 220 g/mol. The van der Waals surface area contributed by atoms with Crippen molar-refractivity contribution in [3.63, 3.8) is 0 Å². The predicted octanol–water partition coefficient (Wildman–Crippen LogP) is 2.15. The maximum absolute atomic E-state index is 10.8. The summed E-state index contributed by atoms with van der Waals surface area (Å²) in [4.78, 5) is 20.8. The minimum absolute atomic E-state index is 0.0504. The van der Waals surface area contributed by atoms with Crippen molar-refractivity contribution in [2.75, 3.05) is 0 Å². The molecule has 0 amide bonds. The third-order valence-corrected chi connectivity index (χ3v) is 2.14. The van der Waals surface area contributed by atoms with Gasteiger partial charge in [-0.25, -0.2) is 0 Å². The summed E-state index contributed by atoms with van der Waals surface area (Å²) >= 11 is 5.19. The third kappa shape index (κ3) is 2.11. The molecule has 0 spiro atoms. The van der Waals surface area contributed by atoms with Crippen LogP contribution in [0.15, 0.2) is 12.1 Å². The molecule has 6 heteroatoms. The minimum atomic E-state index is -0.824. The second-order valence-electron chi connectivity index (χ2n) is 2.81. The summed E-state index contributed by atoms with van der Waals surface area (Å²) in [5.41, 5.74) is -0.0269. The fraction of sp³-hybridized carbons (Fsp3) is 0.111. The van der Waals surface area contributed by atoms with Crippen LogP contribution in [0.1, 0.15) is 21.5 Å². The summed E-state index contributed by atoms with van der Waals surface area (Å²) in [5.74, 6) is 0. The molecule has 0 saturated heterocycles. The zero-order chi connectivity index (χ0) is 11.6. The molecule has 0 aliphatic rings. The van der Waals surface area contributed by atoms with Crippen LogP contribution >= 0.6 is 11.6 Å². The first kappa shape index (κ1) is 11.1. The first-order chi connectivity index (χ1) is 6.97. The summed E-state index contributed by atoms with van der Waals surface area (Å²) in [5, 5.41) is 18.5. The molecule has 0 atom stereocenters. The quantitative estimate of drug-likeness (QED) is 0.438. The van der Waals surface area contributed by atoms with E-state index in [1.54, 1.807) is 6.07 Å². The lowest BCUT2D eigenvalue weighted by atomic mass is 10.0. The summed E-state index contributed by atoms with van der Waals surface area (Å²) in [6, 6.07) is 4.07. The molecular formula is C9H5ClN2O3. The van der Waals surface area contributed by atoms with Gasteiger partial charge in [0.2, 0.25) is 0 Å². The molecule has 0 bridgehead atoms. The topological polar surface area (TPSA) is 84.0 Å². The second-order valence-corrected chi connectivity index (χ2v) is 3.15. The Balaban J connectivity index is 3.54. The number of rotatable bonds is 2. The predicted molar refractivity (Wildman–Crippen MR) is 52.7 cm³/mol. The molecule has 0 fully saturated rings. The Morgan fingerprint density at radius 1 is 1.60 bits per heavy atom. The summed E-state index contributed by atoms with van der Waals surface area (Å²) < 4.78 is 0. The molecule has 5 nitrogen and oxygen atoms in total. The first-order valence-electron chi connectivity index (χ1n) is 3.86. The van der Waals surface area contributed by atoms with Gasteiger partial charge in [-0.1, -0.05) is 0 Å². The van der Waals surface area contributed by atoms with Gasteiger partial charge in [0.1, 0.15) is 0 Å². The van der Waals surface area contributed by atoms with Gasteiger partial charge in [-0.15, -0.1) is 0 Å². The number of carbonyl (C=O) groups excluding carboxylic acids is 1. The third-order valence-electron chi connectivity index (χ3n) is 1.92. The lowest BCUT2D eigenvalue weighted by Gasteiger charge is -2.01. The second kappa shape index (κ2) is 4.07. The average Bonchev–Trinajstić information content (AvgIpc) is 2.17. The van der Waals surface area contributed by atoms with E-state index in [1.165, 1.54) is 13.0 Å². The first-order valence-corrected chi connectivity index (χ1v) is 4.24. The van der Waals surface area contributed by atoms with Crippen LogP contribution in [0.3, 0.4) is 0 Å². The molecule has 0 aliphatic carbocycles. The Bertz CT molecular complexity index is 491. The largest absolute Gasteiger partial charge is 0.276 e. The Hall–Kier alpha value is -1.93. The van der Waals surface area contributed by atoms with Crippen molar-refractivity contribution < 1.29 is 9.72 Å². The molecule has 1 rings (SSSR count). The van der Waals surface area contributed by atoms with Gasteiger partial charge in [0, 0.05) is 17.2 Å². The Morgan fingerprint density at radius 3 is 2.60 bits per heavy atom. The lowest BCUT2D eigenvalue weighted by molar-refractivity contribution is -0.385. The van der Waals surface area contributed by atoms with Crippen LogP contribution in [0.2, 0.25) is 0 Å². The number of nitro benzene ring substituents is 1. The number of nitro groups is 1.